The molecule has 98 valence electrons. The molecule has 17 heavy (non-hydrogen) atoms. The van der Waals surface area contributed by atoms with E-state index in [0.29, 0.717) is 6.42 Å². The predicted octanol–water partition coefficient (Wildman–Crippen LogP) is 1.32. The Morgan fingerprint density at radius 3 is 2.41 bits per heavy atom. The topological polar surface area (TPSA) is 64.0 Å². The van der Waals surface area contributed by atoms with Crippen LogP contribution >= 0.6 is 23.2 Å². The van der Waals surface area contributed by atoms with Gasteiger partial charge in [0.05, 0.1) is 11.7 Å². The quantitative estimate of drug-likeness (QED) is 0.806. The van der Waals surface area contributed by atoms with E-state index in [1.54, 1.807) is 7.05 Å². The fourth-order valence-corrected chi connectivity index (χ4v) is 3.87. The maximum atomic E-state index is 12.1. The predicted molar refractivity (Wildman–Crippen MR) is 68.0 cm³/mol. The number of sulfonamides is 1. The minimum Gasteiger partial charge on any atom is -0.256 e. The number of halogens is 2. The maximum Gasteiger partial charge on any atom is 0.258 e. The van der Waals surface area contributed by atoms with Crippen molar-refractivity contribution in [1.82, 2.24) is 14.5 Å². The first-order valence-corrected chi connectivity index (χ1v) is 7.60. The molecule has 1 N–H and O–H groups in total. The van der Waals surface area contributed by atoms with Gasteiger partial charge in [-0.1, -0.05) is 6.92 Å². The summed E-state index contributed by atoms with van der Waals surface area (Å²) in [6.07, 6.45) is 1.93. The lowest BCUT2D eigenvalue weighted by Gasteiger charge is -2.28. The van der Waals surface area contributed by atoms with Gasteiger partial charge in [-0.05, 0) is 12.5 Å². The highest BCUT2D eigenvalue weighted by molar-refractivity contribution is 7.89. The zero-order chi connectivity index (χ0) is 13.1. The number of nitrogens with zero attached hydrogens (tertiary/aromatic N) is 2. The summed E-state index contributed by atoms with van der Waals surface area (Å²) in [4.78, 5) is 0. The van der Waals surface area contributed by atoms with Crippen molar-refractivity contribution in [3.8, 4) is 0 Å². The first-order valence-electron chi connectivity index (χ1n) is 5.04. The molecule has 0 aliphatic heterocycles. The molecule has 8 heteroatoms. The van der Waals surface area contributed by atoms with Gasteiger partial charge in [0.1, 0.15) is 0 Å². The average molecular weight is 300 g/mol. The van der Waals surface area contributed by atoms with E-state index in [-0.39, 0.29) is 16.8 Å². The number of hydrogen-bond acceptors (Lipinski definition) is 3. The highest BCUT2D eigenvalue weighted by Crippen LogP contribution is 2.19. The highest BCUT2D eigenvalue weighted by Gasteiger charge is 2.33. The molecule has 5 nitrogen and oxygen atoms in total. The Morgan fingerprint density at radius 1 is 1.47 bits per heavy atom. The molecule has 0 aromatic carbocycles. The Bertz CT molecular complexity index is 460. The summed E-state index contributed by atoms with van der Waals surface area (Å²) in [5, 5.41) is 3.91. The lowest BCUT2D eigenvalue weighted by atomic mass is 10.0. The molecule has 0 fully saturated rings. The number of aryl methyl sites for hydroxylation is 1. The lowest BCUT2D eigenvalue weighted by molar-refractivity contribution is 0.446. The Balaban J connectivity index is 3.05. The molecule has 0 aliphatic carbocycles. The van der Waals surface area contributed by atoms with Gasteiger partial charge in [-0.2, -0.15) is 5.10 Å². The van der Waals surface area contributed by atoms with E-state index in [9.17, 15) is 8.42 Å². The molecule has 0 bridgehead atoms. The van der Waals surface area contributed by atoms with Crippen molar-refractivity contribution in [1.29, 1.82) is 0 Å². The van der Waals surface area contributed by atoms with Gasteiger partial charge in [-0.25, -0.2) is 13.1 Å². The second-order valence-electron chi connectivity index (χ2n) is 3.80. The molecule has 0 unspecified atom stereocenters. The SMILES string of the molecule is CCC(CCl)(CCl)NS(=O)(=O)c1ccnn1C. The third-order valence-corrected chi connectivity index (χ3v) is 5.27. The minimum atomic E-state index is -3.66. The summed E-state index contributed by atoms with van der Waals surface area (Å²) in [6.45, 7) is 1.83. The third kappa shape index (κ3) is 3.13. The lowest BCUT2D eigenvalue weighted by Crippen LogP contribution is -2.51. The van der Waals surface area contributed by atoms with Crippen LogP contribution in [-0.4, -0.2) is 35.5 Å². The Labute approximate surface area is 111 Å². The van der Waals surface area contributed by atoms with Gasteiger partial charge in [-0.15, -0.1) is 23.2 Å². The molecule has 1 aromatic rings. The van der Waals surface area contributed by atoms with Crippen molar-refractivity contribution in [2.75, 3.05) is 11.8 Å². The first kappa shape index (κ1) is 14.8. The third-order valence-electron chi connectivity index (χ3n) is 2.59. The molecule has 0 aliphatic rings. The maximum absolute atomic E-state index is 12.1. The molecular weight excluding hydrogens is 285 g/mol. The Morgan fingerprint density at radius 2 is 2.06 bits per heavy atom. The zero-order valence-corrected chi connectivity index (χ0v) is 12.0. The normalized spacial score (nSPS) is 12.9. The van der Waals surface area contributed by atoms with Gasteiger partial charge < -0.3 is 0 Å². The van der Waals surface area contributed by atoms with Crippen LogP contribution in [0.25, 0.3) is 0 Å². The molecule has 0 spiro atoms. The largest absolute Gasteiger partial charge is 0.258 e. The monoisotopic (exact) mass is 299 g/mol. The van der Waals surface area contributed by atoms with Crippen molar-refractivity contribution in [3.05, 3.63) is 12.3 Å². The van der Waals surface area contributed by atoms with Crippen LogP contribution in [-0.2, 0) is 17.1 Å². The van der Waals surface area contributed by atoms with Crippen LogP contribution in [0.4, 0.5) is 0 Å². The number of rotatable bonds is 6. The Kier molecular flexibility index (Phi) is 4.83. The summed E-state index contributed by atoms with van der Waals surface area (Å²) >= 11 is 11.6. The zero-order valence-electron chi connectivity index (χ0n) is 9.65. The van der Waals surface area contributed by atoms with Crippen LogP contribution in [0.5, 0.6) is 0 Å². The van der Waals surface area contributed by atoms with Gasteiger partial charge in [0.25, 0.3) is 10.0 Å². The summed E-state index contributed by atoms with van der Waals surface area (Å²) in [6, 6.07) is 1.42. The van der Waals surface area contributed by atoms with Crippen molar-refractivity contribution in [2.45, 2.75) is 23.9 Å². The molecule has 1 rings (SSSR count). The first-order chi connectivity index (χ1) is 7.90. The van der Waals surface area contributed by atoms with E-state index in [1.807, 2.05) is 6.92 Å². The van der Waals surface area contributed by atoms with Crippen LogP contribution < -0.4 is 4.72 Å². The summed E-state index contributed by atoms with van der Waals surface area (Å²) in [5.41, 5.74) is -0.827. The number of hydrogen-bond donors (Lipinski definition) is 1. The van der Waals surface area contributed by atoms with E-state index < -0.39 is 15.6 Å². The van der Waals surface area contributed by atoms with Gasteiger partial charge in [0, 0.05) is 18.8 Å². The molecule has 0 radical (unpaired) electrons. The molecule has 0 amide bonds. The van der Waals surface area contributed by atoms with Crippen molar-refractivity contribution >= 4 is 33.2 Å². The van der Waals surface area contributed by atoms with E-state index >= 15 is 0 Å². The van der Waals surface area contributed by atoms with Crippen LogP contribution in [0, 0.1) is 0 Å². The summed E-state index contributed by atoms with van der Waals surface area (Å²) < 4.78 is 28.1. The van der Waals surface area contributed by atoms with E-state index in [4.69, 9.17) is 23.2 Å². The fraction of sp³-hybridized carbons (Fsp3) is 0.667. The van der Waals surface area contributed by atoms with E-state index in [1.165, 1.54) is 16.9 Å². The number of nitrogens with one attached hydrogen (secondary N) is 1. The van der Waals surface area contributed by atoms with Crippen LogP contribution in [0.15, 0.2) is 17.3 Å². The van der Waals surface area contributed by atoms with Crippen LogP contribution in [0.2, 0.25) is 0 Å². The molecule has 1 heterocycles. The second-order valence-corrected chi connectivity index (χ2v) is 5.96. The van der Waals surface area contributed by atoms with E-state index in [0.717, 1.165) is 0 Å². The van der Waals surface area contributed by atoms with Crippen molar-refractivity contribution < 1.29 is 8.42 Å². The standard InChI is InChI=1S/C9H15Cl2N3O2S/c1-3-9(6-10,7-11)13-17(15,16)8-4-5-12-14(8)2/h4-5,13H,3,6-7H2,1-2H3. The van der Waals surface area contributed by atoms with Gasteiger partial charge in [0.2, 0.25) is 0 Å². The molecule has 0 saturated heterocycles. The van der Waals surface area contributed by atoms with Gasteiger partial charge in [-0.3, -0.25) is 4.68 Å². The van der Waals surface area contributed by atoms with Gasteiger partial charge in [0.15, 0.2) is 5.03 Å². The highest BCUT2D eigenvalue weighted by atomic mass is 35.5. The summed E-state index contributed by atoms with van der Waals surface area (Å²) in [5.74, 6) is 0.230. The average Bonchev–Trinajstić information content (AvgIpc) is 2.73. The minimum absolute atomic E-state index is 0.0885. The smallest absolute Gasteiger partial charge is 0.256 e. The van der Waals surface area contributed by atoms with E-state index in [2.05, 4.69) is 9.82 Å². The summed E-state index contributed by atoms with van der Waals surface area (Å²) in [7, 11) is -2.10. The molecule has 1 aromatic heterocycles. The molecule has 0 atom stereocenters. The van der Waals surface area contributed by atoms with Crippen LogP contribution in [0.1, 0.15) is 13.3 Å². The molecule has 0 saturated carbocycles. The van der Waals surface area contributed by atoms with Crippen molar-refractivity contribution in [3.63, 3.8) is 0 Å². The Hall–Kier alpha value is -0.300. The van der Waals surface area contributed by atoms with Crippen LogP contribution in [0.3, 0.4) is 0 Å². The van der Waals surface area contributed by atoms with Crippen molar-refractivity contribution in [2.24, 2.45) is 7.05 Å². The number of aromatic nitrogens is 2. The number of alkyl halides is 2. The second kappa shape index (κ2) is 5.56. The molecular formula is C9H15Cl2N3O2S. The van der Waals surface area contributed by atoms with Gasteiger partial charge >= 0.3 is 0 Å². The fourth-order valence-electron chi connectivity index (χ4n) is 1.31.